The maximum absolute atomic E-state index is 12.4. The highest BCUT2D eigenvalue weighted by molar-refractivity contribution is 5.93. The van der Waals surface area contributed by atoms with Gasteiger partial charge in [0.1, 0.15) is 5.56 Å². The standard InChI is InChI=1S/C14H20N4O3/c1-9-4-5-11(12(19)17-9)13(20)18-6-2-3-10(8-18)7-16-14(15)21/h4-5,10H,2-3,6-8H2,1H3,(H,17,19)(H3,15,16,21)/t10-/m1/s1. The molecule has 1 aliphatic heterocycles. The van der Waals surface area contributed by atoms with Crippen molar-refractivity contribution in [1.82, 2.24) is 15.2 Å². The van der Waals surface area contributed by atoms with Crippen molar-refractivity contribution < 1.29 is 9.59 Å². The molecule has 1 aromatic heterocycles. The van der Waals surface area contributed by atoms with E-state index in [1.807, 2.05) is 0 Å². The van der Waals surface area contributed by atoms with Gasteiger partial charge in [-0.05, 0) is 37.8 Å². The Hall–Kier alpha value is -2.31. The summed E-state index contributed by atoms with van der Waals surface area (Å²) in [5, 5.41) is 2.57. The van der Waals surface area contributed by atoms with Crippen molar-refractivity contribution >= 4 is 11.9 Å². The fourth-order valence-electron chi connectivity index (χ4n) is 2.57. The Morgan fingerprint density at radius 2 is 2.24 bits per heavy atom. The first kappa shape index (κ1) is 15.1. The average molecular weight is 292 g/mol. The molecule has 7 nitrogen and oxygen atoms in total. The lowest BCUT2D eigenvalue weighted by atomic mass is 9.97. The van der Waals surface area contributed by atoms with Crippen LogP contribution in [0.1, 0.15) is 28.9 Å². The summed E-state index contributed by atoms with van der Waals surface area (Å²) in [5.74, 6) is -0.0974. The maximum Gasteiger partial charge on any atom is 0.312 e. The van der Waals surface area contributed by atoms with Gasteiger partial charge in [-0.2, -0.15) is 0 Å². The molecule has 3 amide bonds. The summed E-state index contributed by atoms with van der Waals surface area (Å²) in [7, 11) is 0. The van der Waals surface area contributed by atoms with Crippen LogP contribution in [-0.2, 0) is 0 Å². The first-order chi connectivity index (χ1) is 9.97. The molecule has 1 fully saturated rings. The van der Waals surface area contributed by atoms with Crippen LogP contribution in [0, 0.1) is 12.8 Å². The number of piperidine rings is 1. The number of amides is 3. The first-order valence-electron chi connectivity index (χ1n) is 7.00. The zero-order valence-electron chi connectivity index (χ0n) is 12.0. The van der Waals surface area contributed by atoms with Crippen LogP contribution in [0.2, 0.25) is 0 Å². The van der Waals surface area contributed by atoms with Crippen molar-refractivity contribution in [2.75, 3.05) is 19.6 Å². The molecule has 1 aliphatic rings. The van der Waals surface area contributed by atoms with Gasteiger partial charge in [0, 0.05) is 25.3 Å². The Labute approximate surface area is 122 Å². The van der Waals surface area contributed by atoms with Gasteiger partial charge < -0.3 is 20.9 Å². The van der Waals surface area contributed by atoms with Crippen molar-refractivity contribution in [1.29, 1.82) is 0 Å². The van der Waals surface area contributed by atoms with Gasteiger partial charge >= 0.3 is 6.03 Å². The predicted molar refractivity (Wildman–Crippen MR) is 78.0 cm³/mol. The Morgan fingerprint density at radius 1 is 1.48 bits per heavy atom. The molecule has 0 aliphatic carbocycles. The highest BCUT2D eigenvalue weighted by Crippen LogP contribution is 2.17. The van der Waals surface area contributed by atoms with E-state index in [2.05, 4.69) is 10.3 Å². The summed E-state index contributed by atoms with van der Waals surface area (Å²) in [5.41, 5.74) is 5.57. The van der Waals surface area contributed by atoms with Crippen LogP contribution in [-0.4, -0.2) is 41.5 Å². The number of aromatic amines is 1. The largest absolute Gasteiger partial charge is 0.352 e. The van der Waals surface area contributed by atoms with E-state index in [4.69, 9.17) is 5.73 Å². The molecule has 21 heavy (non-hydrogen) atoms. The number of rotatable bonds is 3. The van der Waals surface area contributed by atoms with Gasteiger partial charge in [0.05, 0.1) is 0 Å². The third-order valence-corrected chi connectivity index (χ3v) is 3.66. The number of nitrogens with one attached hydrogen (secondary N) is 2. The summed E-state index contributed by atoms with van der Waals surface area (Å²) in [6.45, 7) is 3.36. The van der Waals surface area contributed by atoms with Crippen molar-refractivity contribution in [3.8, 4) is 0 Å². The molecule has 0 aromatic carbocycles. The highest BCUT2D eigenvalue weighted by Gasteiger charge is 2.25. The second kappa shape index (κ2) is 6.43. The molecule has 2 heterocycles. The van der Waals surface area contributed by atoms with Crippen LogP contribution in [0.15, 0.2) is 16.9 Å². The number of nitrogens with zero attached hydrogens (tertiary/aromatic N) is 1. The lowest BCUT2D eigenvalue weighted by molar-refractivity contribution is 0.0673. The van der Waals surface area contributed by atoms with Crippen LogP contribution in [0.3, 0.4) is 0 Å². The normalized spacial score (nSPS) is 18.3. The Kier molecular flexibility index (Phi) is 4.62. The zero-order valence-corrected chi connectivity index (χ0v) is 12.0. The molecule has 2 rings (SSSR count). The number of carbonyl (C=O) groups is 2. The molecule has 1 atom stereocenters. The van der Waals surface area contributed by atoms with E-state index in [1.54, 1.807) is 24.0 Å². The number of carbonyl (C=O) groups excluding carboxylic acids is 2. The fraction of sp³-hybridized carbons (Fsp3) is 0.500. The van der Waals surface area contributed by atoms with Crippen molar-refractivity contribution in [2.24, 2.45) is 11.7 Å². The SMILES string of the molecule is Cc1ccc(C(=O)N2CCC[C@H](CNC(N)=O)C2)c(=O)[nH]1. The van der Waals surface area contributed by atoms with Crippen molar-refractivity contribution in [3.05, 3.63) is 33.7 Å². The lowest BCUT2D eigenvalue weighted by Gasteiger charge is -2.32. The van der Waals surface area contributed by atoms with Crippen LogP contribution < -0.4 is 16.6 Å². The van der Waals surface area contributed by atoms with Gasteiger partial charge in [-0.1, -0.05) is 0 Å². The lowest BCUT2D eigenvalue weighted by Crippen LogP contribution is -2.45. The van der Waals surface area contributed by atoms with Crippen LogP contribution in [0.25, 0.3) is 0 Å². The summed E-state index contributed by atoms with van der Waals surface area (Å²) in [6, 6.07) is 2.71. The Morgan fingerprint density at radius 3 is 2.90 bits per heavy atom. The molecule has 1 aromatic rings. The molecular weight excluding hydrogens is 272 g/mol. The molecule has 7 heteroatoms. The Bertz CT molecular complexity index is 596. The van der Waals surface area contributed by atoms with Gasteiger partial charge in [-0.15, -0.1) is 0 Å². The number of aromatic nitrogens is 1. The summed E-state index contributed by atoms with van der Waals surface area (Å²) >= 11 is 0. The molecule has 0 radical (unpaired) electrons. The monoisotopic (exact) mass is 292 g/mol. The van der Waals surface area contributed by atoms with E-state index in [9.17, 15) is 14.4 Å². The quantitative estimate of drug-likeness (QED) is 0.740. The second-order valence-corrected chi connectivity index (χ2v) is 5.39. The van der Waals surface area contributed by atoms with Crippen LogP contribution in [0.5, 0.6) is 0 Å². The number of nitrogens with two attached hydrogens (primary N) is 1. The third kappa shape index (κ3) is 3.84. The average Bonchev–Trinajstić information content (AvgIpc) is 2.45. The first-order valence-corrected chi connectivity index (χ1v) is 7.00. The van der Waals surface area contributed by atoms with E-state index in [1.165, 1.54) is 0 Å². The summed E-state index contributed by atoms with van der Waals surface area (Å²) < 4.78 is 0. The fourth-order valence-corrected chi connectivity index (χ4v) is 2.57. The zero-order chi connectivity index (χ0) is 15.4. The molecule has 0 saturated carbocycles. The minimum absolute atomic E-state index is 0.157. The molecular formula is C14H20N4O3. The van der Waals surface area contributed by atoms with Gasteiger partial charge in [-0.3, -0.25) is 9.59 Å². The molecule has 1 saturated heterocycles. The molecule has 0 bridgehead atoms. The minimum Gasteiger partial charge on any atom is -0.352 e. The van der Waals surface area contributed by atoms with Gasteiger partial charge in [0.2, 0.25) is 0 Å². The maximum atomic E-state index is 12.4. The molecule has 0 unspecified atom stereocenters. The second-order valence-electron chi connectivity index (χ2n) is 5.39. The summed E-state index contributed by atoms with van der Waals surface area (Å²) in [6.07, 6.45) is 1.77. The number of H-pyrrole nitrogens is 1. The van der Waals surface area contributed by atoms with E-state index in [0.29, 0.717) is 19.6 Å². The third-order valence-electron chi connectivity index (χ3n) is 3.66. The van der Waals surface area contributed by atoms with Gasteiger partial charge in [-0.25, -0.2) is 4.79 Å². The topological polar surface area (TPSA) is 108 Å². The van der Waals surface area contributed by atoms with E-state index in [0.717, 1.165) is 18.5 Å². The van der Waals surface area contributed by atoms with E-state index >= 15 is 0 Å². The van der Waals surface area contributed by atoms with Crippen LogP contribution >= 0.6 is 0 Å². The Balaban J connectivity index is 2.05. The number of aryl methyl sites for hydroxylation is 1. The van der Waals surface area contributed by atoms with Gasteiger partial charge in [0.25, 0.3) is 11.5 Å². The highest BCUT2D eigenvalue weighted by atomic mass is 16.2. The number of hydrogen-bond acceptors (Lipinski definition) is 3. The number of pyridine rings is 1. The molecule has 114 valence electrons. The number of hydrogen-bond donors (Lipinski definition) is 3. The van der Waals surface area contributed by atoms with E-state index in [-0.39, 0.29) is 22.9 Å². The predicted octanol–water partition coefficient (Wildman–Crippen LogP) is 0.204. The van der Waals surface area contributed by atoms with Gasteiger partial charge in [0.15, 0.2) is 0 Å². The number of likely N-dealkylation sites (tertiary alicyclic amines) is 1. The van der Waals surface area contributed by atoms with E-state index < -0.39 is 6.03 Å². The molecule has 0 spiro atoms. The summed E-state index contributed by atoms with van der Waals surface area (Å²) in [4.78, 5) is 39.3. The number of urea groups is 1. The minimum atomic E-state index is -0.562. The smallest absolute Gasteiger partial charge is 0.312 e. The molecule has 4 N–H and O–H groups in total. The van der Waals surface area contributed by atoms with Crippen molar-refractivity contribution in [3.63, 3.8) is 0 Å². The van der Waals surface area contributed by atoms with Crippen LogP contribution in [0.4, 0.5) is 4.79 Å². The number of primary amides is 1. The van der Waals surface area contributed by atoms with Crippen molar-refractivity contribution in [2.45, 2.75) is 19.8 Å².